The van der Waals surface area contributed by atoms with E-state index in [1.807, 2.05) is 54.7 Å². The van der Waals surface area contributed by atoms with E-state index in [0.717, 1.165) is 22.0 Å². The third-order valence-electron chi connectivity index (χ3n) is 8.58. The minimum Gasteiger partial charge on any atom is -0.494 e. The standard InChI is InChI=1S/C33H33N7O4/c41-31(17-23-19-36-28-9-2-1-8-25(23)28)38-12-5-15-44-24-7-3-6-22(16-24)26-20-39(21-27(26)32(42)35-11-14-38)33(43)29-18-30-34-10-4-13-40(30)37-29/h1-4,6-10,13,16,18-19,26-27,36H,5,11-12,14-15,17,20-21H2,(H,35,42)/t26-,27+/m1/s1. The lowest BCUT2D eigenvalue weighted by molar-refractivity contribution is -0.131. The summed E-state index contributed by atoms with van der Waals surface area (Å²) in [6, 6.07) is 19.1. The van der Waals surface area contributed by atoms with Crippen LogP contribution in [0.25, 0.3) is 16.6 Å². The molecule has 224 valence electrons. The molecule has 5 heterocycles. The molecule has 3 amide bonds. The fourth-order valence-corrected chi connectivity index (χ4v) is 6.31. The first-order chi connectivity index (χ1) is 21.5. The van der Waals surface area contributed by atoms with Gasteiger partial charge < -0.3 is 24.8 Å². The zero-order chi connectivity index (χ0) is 30.0. The Hall–Kier alpha value is -5.19. The summed E-state index contributed by atoms with van der Waals surface area (Å²) < 4.78 is 7.66. The average molecular weight is 592 g/mol. The van der Waals surface area contributed by atoms with Gasteiger partial charge in [-0.3, -0.25) is 14.4 Å². The van der Waals surface area contributed by atoms with Crippen LogP contribution in [-0.4, -0.2) is 86.4 Å². The van der Waals surface area contributed by atoms with Gasteiger partial charge in [-0.05, 0) is 41.8 Å². The van der Waals surface area contributed by atoms with Gasteiger partial charge in [-0.25, -0.2) is 9.50 Å². The van der Waals surface area contributed by atoms with E-state index in [-0.39, 0.29) is 42.3 Å². The van der Waals surface area contributed by atoms with Crippen molar-refractivity contribution in [2.75, 3.05) is 39.3 Å². The van der Waals surface area contributed by atoms with Crippen LogP contribution in [0.1, 0.15) is 34.0 Å². The van der Waals surface area contributed by atoms with Crippen LogP contribution in [0.2, 0.25) is 0 Å². The Morgan fingerprint density at radius 1 is 0.977 bits per heavy atom. The second-order valence-corrected chi connectivity index (χ2v) is 11.4. The first-order valence-corrected chi connectivity index (χ1v) is 15.0. The molecule has 44 heavy (non-hydrogen) atoms. The van der Waals surface area contributed by atoms with Crippen molar-refractivity contribution in [2.45, 2.75) is 18.8 Å². The van der Waals surface area contributed by atoms with E-state index in [2.05, 4.69) is 20.4 Å². The molecule has 1 saturated heterocycles. The molecule has 1 fully saturated rings. The van der Waals surface area contributed by atoms with Gasteiger partial charge in [-0.15, -0.1) is 0 Å². The zero-order valence-corrected chi connectivity index (χ0v) is 24.2. The maximum absolute atomic E-state index is 13.7. The number of aromatic amines is 1. The third-order valence-corrected chi connectivity index (χ3v) is 8.58. The third kappa shape index (κ3) is 5.48. The maximum Gasteiger partial charge on any atom is 0.274 e. The number of nitrogens with one attached hydrogen (secondary N) is 2. The van der Waals surface area contributed by atoms with E-state index < -0.39 is 5.92 Å². The minimum atomic E-state index is -0.470. The van der Waals surface area contributed by atoms with Gasteiger partial charge in [0.2, 0.25) is 11.8 Å². The Labute approximate surface area is 253 Å². The number of nitrogens with zero attached hydrogens (tertiary/aromatic N) is 5. The molecule has 2 bridgehead atoms. The Morgan fingerprint density at radius 2 is 1.86 bits per heavy atom. The molecule has 2 N–H and O–H groups in total. The van der Waals surface area contributed by atoms with Gasteiger partial charge >= 0.3 is 0 Å². The number of hydrogen-bond donors (Lipinski definition) is 2. The van der Waals surface area contributed by atoms with Crippen LogP contribution in [-0.2, 0) is 16.0 Å². The second kappa shape index (κ2) is 11.8. The predicted molar refractivity (Wildman–Crippen MR) is 163 cm³/mol. The smallest absolute Gasteiger partial charge is 0.274 e. The molecule has 2 atom stereocenters. The molecule has 0 aliphatic carbocycles. The summed E-state index contributed by atoms with van der Waals surface area (Å²) in [6.45, 7) is 2.29. The second-order valence-electron chi connectivity index (χ2n) is 11.4. The van der Waals surface area contributed by atoms with Crippen LogP contribution >= 0.6 is 0 Å². The molecule has 2 aliphatic heterocycles. The summed E-state index contributed by atoms with van der Waals surface area (Å²) in [7, 11) is 0. The highest BCUT2D eigenvalue weighted by molar-refractivity contribution is 5.94. The zero-order valence-electron chi connectivity index (χ0n) is 24.2. The lowest BCUT2D eigenvalue weighted by Crippen LogP contribution is -2.42. The predicted octanol–water partition coefficient (Wildman–Crippen LogP) is 3.04. The van der Waals surface area contributed by atoms with Crippen molar-refractivity contribution >= 4 is 34.3 Å². The monoisotopic (exact) mass is 591 g/mol. The Kier molecular flexibility index (Phi) is 7.43. The summed E-state index contributed by atoms with van der Waals surface area (Å²) >= 11 is 0. The maximum atomic E-state index is 13.7. The van der Waals surface area contributed by atoms with Crippen LogP contribution in [0.4, 0.5) is 0 Å². The molecule has 2 aromatic carbocycles. The molecule has 11 heteroatoms. The van der Waals surface area contributed by atoms with E-state index >= 15 is 0 Å². The van der Waals surface area contributed by atoms with Gasteiger partial charge in [-0.1, -0.05) is 30.3 Å². The molecule has 7 rings (SSSR count). The van der Waals surface area contributed by atoms with Crippen molar-refractivity contribution in [2.24, 2.45) is 5.92 Å². The van der Waals surface area contributed by atoms with Crippen LogP contribution in [0.15, 0.2) is 79.3 Å². The molecule has 0 radical (unpaired) electrons. The Morgan fingerprint density at radius 3 is 2.77 bits per heavy atom. The number of benzene rings is 2. The molecule has 2 aliphatic rings. The number of carbonyl (C=O) groups is 3. The topological polar surface area (TPSA) is 125 Å². The molecular weight excluding hydrogens is 558 g/mol. The number of rotatable bonds is 3. The van der Waals surface area contributed by atoms with Crippen LogP contribution < -0.4 is 10.1 Å². The highest BCUT2D eigenvalue weighted by atomic mass is 16.5. The summed E-state index contributed by atoms with van der Waals surface area (Å²) in [4.78, 5) is 51.7. The first kappa shape index (κ1) is 27.6. The molecule has 11 nitrogen and oxygen atoms in total. The first-order valence-electron chi connectivity index (χ1n) is 15.0. The quantitative estimate of drug-likeness (QED) is 0.332. The lowest BCUT2D eigenvalue weighted by atomic mass is 9.88. The van der Waals surface area contributed by atoms with Crippen molar-refractivity contribution in [3.05, 3.63) is 96.1 Å². The molecular formula is C33H33N7O4. The van der Waals surface area contributed by atoms with Crippen molar-refractivity contribution in [1.82, 2.24) is 34.7 Å². The Bertz CT molecular complexity index is 1810. The number of amides is 3. The summed E-state index contributed by atoms with van der Waals surface area (Å²) in [5.41, 5.74) is 3.76. The summed E-state index contributed by atoms with van der Waals surface area (Å²) in [5, 5.41) is 8.51. The fraction of sp³-hybridized carbons (Fsp3) is 0.303. The molecule has 0 saturated carbocycles. The van der Waals surface area contributed by atoms with E-state index in [9.17, 15) is 14.4 Å². The van der Waals surface area contributed by atoms with Gasteiger partial charge in [0, 0.05) is 74.2 Å². The summed E-state index contributed by atoms with van der Waals surface area (Å²) in [6.07, 6.45) is 6.21. The SMILES string of the molecule is O=C1NCCN(C(=O)Cc2c[nH]c3ccccc23)CCCOc2cccc(c2)[C@H]2CN(C(=O)c3cc4ncccn4n3)C[C@H]12. The molecule has 5 aromatic rings. The number of ether oxygens (including phenoxy) is 1. The van der Waals surface area contributed by atoms with Crippen molar-refractivity contribution in [3.8, 4) is 5.75 Å². The largest absolute Gasteiger partial charge is 0.494 e. The van der Waals surface area contributed by atoms with E-state index in [1.54, 1.807) is 38.8 Å². The molecule has 0 unspecified atom stereocenters. The number of H-pyrrole nitrogens is 1. The summed E-state index contributed by atoms with van der Waals surface area (Å²) in [5.74, 6) is -0.380. The van der Waals surface area contributed by atoms with Crippen molar-refractivity contribution in [1.29, 1.82) is 0 Å². The van der Waals surface area contributed by atoms with E-state index in [0.29, 0.717) is 50.6 Å². The van der Waals surface area contributed by atoms with E-state index in [1.165, 1.54) is 0 Å². The Balaban J connectivity index is 1.10. The van der Waals surface area contributed by atoms with Gasteiger partial charge in [0.25, 0.3) is 5.91 Å². The number of aromatic nitrogens is 4. The highest BCUT2D eigenvalue weighted by Gasteiger charge is 2.41. The fourth-order valence-electron chi connectivity index (χ4n) is 6.31. The normalized spacial score (nSPS) is 19.3. The number of likely N-dealkylation sites (tertiary alicyclic amines) is 1. The number of carbonyl (C=O) groups excluding carboxylic acids is 3. The molecule has 0 spiro atoms. The minimum absolute atomic E-state index is 0.00412. The van der Waals surface area contributed by atoms with Crippen LogP contribution in [0, 0.1) is 5.92 Å². The highest BCUT2D eigenvalue weighted by Crippen LogP contribution is 2.35. The number of para-hydroxylation sites is 1. The number of hydrogen-bond acceptors (Lipinski definition) is 6. The van der Waals surface area contributed by atoms with Crippen LogP contribution in [0.5, 0.6) is 5.75 Å². The average Bonchev–Trinajstić information content (AvgIpc) is 3.79. The number of fused-ring (bicyclic) bond motifs is 6. The van der Waals surface area contributed by atoms with E-state index in [4.69, 9.17) is 4.74 Å². The van der Waals surface area contributed by atoms with Gasteiger partial charge in [0.05, 0.1) is 18.9 Å². The van der Waals surface area contributed by atoms with Crippen LogP contribution in [0.3, 0.4) is 0 Å². The lowest BCUT2D eigenvalue weighted by Gasteiger charge is -2.25. The van der Waals surface area contributed by atoms with Crippen molar-refractivity contribution in [3.63, 3.8) is 0 Å². The van der Waals surface area contributed by atoms with Gasteiger partial charge in [0.15, 0.2) is 11.3 Å². The van der Waals surface area contributed by atoms with Gasteiger partial charge in [0.1, 0.15) is 5.75 Å². The van der Waals surface area contributed by atoms with Gasteiger partial charge in [-0.2, -0.15) is 5.10 Å². The molecule has 3 aromatic heterocycles. The van der Waals surface area contributed by atoms with Crippen molar-refractivity contribution < 1.29 is 19.1 Å².